The number of nitrogens with zero attached hydrogens (tertiary/aromatic N) is 1. The molecule has 324 valence electrons. The molecule has 0 spiro atoms. The van der Waals surface area contributed by atoms with E-state index in [1.54, 1.807) is 34.3 Å². The molecule has 0 unspecified atom stereocenters. The van der Waals surface area contributed by atoms with E-state index < -0.39 is 60.5 Å². The summed E-state index contributed by atoms with van der Waals surface area (Å²) in [5.74, 6) is -2.74. The van der Waals surface area contributed by atoms with Gasteiger partial charge in [0.2, 0.25) is 6.29 Å². The maximum absolute atomic E-state index is 13.9. The number of ketones is 1. The van der Waals surface area contributed by atoms with Crippen molar-refractivity contribution in [2.24, 2.45) is 29.6 Å². The van der Waals surface area contributed by atoms with Crippen LogP contribution in [0.1, 0.15) is 105 Å². The van der Waals surface area contributed by atoms with Gasteiger partial charge in [0.1, 0.15) is 24.0 Å². The summed E-state index contributed by atoms with van der Waals surface area (Å²) in [4.78, 5) is 52.7. The molecule has 3 fully saturated rings. The molecule has 3 N–H and O–H groups in total. The molecule has 0 aromatic carbocycles. The van der Waals surface area contributed by atoms with E-state index in [0.29, 0.717) is 69.8 Å². The molecule has 0 aromatic heterocycles. The number of carbonyl (C=O) groups excluding carboxylic acids is 4. The minimum atomic E-state index is -1.18. The summed E-state index contributed by atoms with van der Waals surface area (Å²) in [7, 11) is 4.83. The second-order valence-corrected chi connectivity index (χ2v) is 16.9. The van der Waals surface area contributed by atoms with Crippen LogP contribution in [0.25, 0.3) is 0 Å². The van der Waals surface area contributed by atoms with E-state index in [9.17, 15) is 34.5 Å². The lowest BCUT2D eigenvalue weighted by atomic mass is 9.81. The summed E-state index contributed by atoms with van der Waals surface area (Å²) in [6.07, 6.45) is 6.68. The molecule has 1 saturated carbocycles. The Balaban J connectivity index is 1.77. The van der Waals surface area contributed by atoms with Gasteiger partial charge in [0.15, 0.2) is 6.29 Å². The number of ether oxygens (including phenoxy) is 5. The number of amides is 1. The Bertz CT molecular complexity index is 1380. The number of aliphatic hydroxyl groups excluding tert-OH is 3. The van der Waals surface area contributed by atoms with Gasteiger partial charge in [-0.05, 0) is 95.5 Å². The molecule has 1 aliphatic carbocycles. The number of aliphatic hydroxyl groups is 3. The molecule has 0 radical (unpaired) electrons. The minimum absolute atomic E-state index is 0.0203. The van der Waals surface area contributed by atoms with Gasteiger partial charge in [0.05, 0.1) is 30.5 Å². The third-order valence-electron chi connectivity index (χ3n) is 12.3. The monoisotopic (exact) mass is 805 g/mol. The highest BCUT2D eigenvalue weighted by Crippen LogP contribution is 2.34. The zero-order valence-electron chi connectivity index (χ0n) is 35.5. The van der Waals surface area contributed by atoms with E-state index in [1.807, 2.05) is 32.9 Å². The molecule has 2 saturated heterocycles. The summed E-state index contributed by atoms with van der Waals surface area (Å²) in [5.41, 5.74) is 1.69. The molecule has 3 rings (SSSR count). The van der Waals surface area contributed by atoms with E-state index in [4.69, 9.17) is 23.7 Å². The maximum atomic E-state index is 13.9. The highest BCUT2D eigenvalue weighted by Gasteiger charge is 2.41. The predicted octanol–water partition coefficient (Wildman–Crippen LogP) is 4.89. The van der Waals surface area contributed by atoms with E-state index in [-0.39, 0.29) is 61.1 Å². The van der Waals surface area contributed by atoms with Crippen LogP contribution in [0.15, 0.2) is 36.0 Å². The second kappa shape index (κ2) is 23.7. The lowest BCUT2D eigenvalue weighted by molar-refractivity contribution is -0.254. The first-order chi connectivity index (χ1) is 27.1. The number of hydrogen-bond donors (Lipinski definition) is 3. The number of aldehydes is 1. The van der Waals surface area contributed by atoms with Crippen molar-refractivity contribution >= 4 is 23.9 Å². The predicted molar refractivity (Wildman–Crippen MR) is 215 cm³/mol. The van der Waals surface area contributed by atoms with Crippen LogP contribution in [0, 0.1) is 29.6 Å². The Morgan fingerprint density at radius 2 is 1.68 bits per heavy atom. The summed E-state index contributed by atoms with van der Waals surface area (Å²) < 4.78 is 29.1. The van der Waals surface area contributed by atoms with E-state index >= 15 is 0 Å². The quantitative estimate of drug-likeness (QED) is 0.0621. The fourth-order valence-electron chi connectivity index (χ4n) is 8.92. The van der Waals surface area contributed by atoms with Crippen LogP contribution in [-0.2, 0) is 42.9 Å². The molecule has 0 aromatic rings. The Morgan fingerprint density at radius 1 is 0.982 bits per heavy atom. The van der Waals surface area contributed by atoms with E-state index in [0.717, 1.165) is 5.57 Å². The van der Waals surface area contributed by atoms with Crippen molar-refractivity contribution in [1.82, 2.24) is 4.90 Å². The van der Waals surface area contributed by atoms with Gasteiger partial charge in [-0.15, -0.1) is 6.58 Å². The SMILES string of the molecule is C=CC[C@H](/C=C(/C)C[C@H](C)C[C@H](OC)[C@H]1O[C@H](O)[C@H](C)C[C@@H]1OC)C(=O)C[C@H](O)[C@@H](C)[C@H](OC(=O)[C@@H]1CCCCN1C(=O)C=O)/C(C)=C/[C@@H]1CC[C@@H](O)[C@H](OC)C1. The molecule has 2 aliphatic heterocycles. The van der Waals surface area contributed by atoms with Gasteiger partial charge in [-0.25, -0.2) is 4.79 Å². The summed E-state index contributed by atoms with van der Waals surface area (Å²) in [5, 5.41) is 32.4. The number of Topliss-reactive ketones (excluding diaryl/α,β-unsaturated/α-hetero) is 1. The van der Waals surface area contributed by atoms with Crippen LogP contribution in [0.4, 0.5) is 0 Å². The largest absolute Gasteiger partial charge is 0.456 e. The summed E-state index contributed by atoms with van der Waals surface area (Å²) in [6, 6.07) is -0.932. The number of hydrogen-bond acceptors (Lipinski definition) is 12. The van der Waals surface area contributed by atoms with Crippen LogP contribution in [0.5, 0.6) is 0 Å². The summed E-state index contributed by atoms with van der Waals surface area (Å²) >= 11 is 0. The van der Waals surface area contributed by atoms with E-state index in [1.165, 1.54) is 4.90 Å². The van der Waals surface area contributed by atoms with Gasteiger partial charge in [-0.3, -0.25) is 14.4 Å². The lowest BCUT2D eigenvalue weighted by Gasteiger charge is -2.41. The zero-order valence-corrected chi connectivity index (χ0v) is 35.5. The molecule has 14 atom stereocenters. The highest BCUT2D eigenvalue weighted by molar-refractivity contribution is 6.24. The van der Waals surface area contributed by atoms with Crippen LogP contribution in [0.3, 0.4) is 0 Å². The molecule has 1 amide bonds. The maximum Gasteiger partial charge on any atom is 0.329 e. The number of carbonyl (C=O) groups is 4. The average Bonchev–Trinajstić information content (AvgIpc) is 3.19. The van der Waals surface area contributed by atoms with Gasteiger partial charge >= 0.3 is 5.97 Å². The third kappa shape index (κ3) is 13.9. The van der Waals surface area contributed by atoms with Crippen molar-refractivity contribution in [2.75, 3.05) is 27.9 Å². The van der Waals surface area contributed by atoms with Gasteiger partial charge in [-0.2, -0.15) is 0 Å². The van der Waals surface area contributed by atoms with Gasteiger partial charge < -0.3 is 43.9 Å². The molecule has 13 heteroatoms. The van der Waals surface area contributed by atoms with Crippen molar-refractivity contribution in [2.45, 2.75) is 160 Å². The van der Waals surface area contributed by atoms with Crippen molar-refractivity contribution in [3.05, 3.63) is 36.0 Å². The van der Waals surface area contributed by atoms with Gasteiger partial charge in [-0.1, -0.05) is 44.6 Å². The molecule has 2 heterocycles. The first-order valence-corrected chi connectivity index (χ1v) is 20.8. The number of piperidine rings is 1. The van der Waals surface area contributed by atoms with Crippen LogP contribution in [0.2, 0.25) is 0 Å². The van der Waals surface area contributed by atoms with Gasteiger partial charge in [0, 0.05) is 52.0 Å². The highest BCUT2D eigenvalue weighted by atomic mass is 16.6. The normalized spacial score (nSPS) is 30.7. The first-order valence-electron chi connectivity index (χ1n) is 20.8. The second-order valence-electron chi connectivity index (χ2n) is 16.9. The van der Waals surface area contributed by atoms with Crippen LogP contribution >= 0.6 is 0 Å². The molecule has 57 heavy (non-hydrogen) atoms. The number of likely N-dealkylation sites (tertiary alicyclic amines) is 1. The number of allylic oxidation sites excluding steroid dienone is 4. The fourth-order valence-corrected chi connectivity index (χ4v) is 8.92. The smallest absolute Gasteiger partial charge is 0.329 e. The lowest BCUT2D eigenvalue weighted by Crippen LogP contribution is -2.51. The molecular formula is C44H71NO12. The van der Waals surface area contributed by atoms with E-state index in [2.05, 4.69) is 13.5 Å². The minimum Gasteiger partial charge on any atom is -0.456 e. The number of methoxy groups -OCH3 is 3. The standard InChI is InChI=1S/C44H71NO12/c1-10-13-32(19-26(2)18-27(3)20-38(54-8)42-39(55-9)22-29(5)43(51)57-42)36(49)24-35(48)30(6)41(28(4)21-31-15-16-34(47)37(23-31)53-7)56-44(52)33-14-11-12-17-45(33)40(50)25-46/h10,19,21,25,27,29-35,37-39,41-43,47-48,51H,1,11-18,20,22-24H2,2-9H3/b26-19-,28-21+/t27-,29+,30+,31-,32+,33-,34+,35-,37+,38-,39-,41+,42+,43-/m0/s1. The first kappa shape index (κ1) is 48.6. The molecule has 13 nitrogen and oxygen atoms in total. The third-order valence-corrected chi connectivity index (χ3v) is 12.3. The zero-order chi connectivity index (χ0) is 42.4. The van der Waals surface area contributed by atoms with Crippen molar-refractivity contribution < 1.29 is 58.2 Å². The molecular weight excluding hydrogens is 734 g/mol. The topological polar surface area (TPSA) is 178 Å². The van der Waals surface area contributed by atoms with Crippen molar-refractivity contribution in [3.8, 4) is 0 Å². The Morgan fingerprint density at radius 3 is 2.32 bits per heavy atom. The average molecular weight is 806 g/mol. The van der Waals surface area contributed by atoms with Crippen molar-refractivity contribution in [1.29, 1.82) is 0 Å². The fraction of sp³-hybridized carbons (Fsp3) is 0.773. The molecule has 0 bridgehead atoms. The number of rotatable bonds is 21. The van der Waals surface area contributed by atoms with Crippen LogP contribution in [-0.4, -0.2) is 127 Å². The Kier molecular flexibility index (Phi) is 20.2. The Labute approximate surface area is 340 Å². The summed E-state index contributed by atoms with van der Waals surface area (Å²) in [6.45, 7) is 13.7. The Hall–Kier alpha value is -2.78. The van der Waals surface area contributed by atoms with Crippen molar-refractivity contribution in [3.63, 3.8) is 0 Å². The molecule has 3 aliphatic rings. The van der Waals surface area contributed by atoms with Crippen LogP contribution < -0.4 is 0 Å². The van der Waals surface area contributed by atoms with Gasteiger partial charge in [0.25, 0.3) is 5.91 Å². The number of esters is 1.